The summed E-state index contributed by atoms with van der Waals surface area (Å²) in [7, 11) is 0. The fraction of sp³-hybridized carbons (Fsp3) is 0.500. The van der Waals surface area contributed by atoms with E-state index in [-0.39, 0.29) is 11.8 Å². The molecule has 3 nitrogen and oxygen atoms in total. The van der Waals surface area contributed by atoms with Gasteiger partial charge in [-0.15, -0.1) is 0 Å². The van der Waals surface area contributed by atoms with Gasteiger partial charge in [0.05, 0.1) is 6.54 Å². The second-order valence-electron chi connectivity index (χ2n) is 4.62. The van der Waals surface area contributed by atoms with Gasteiger partial charge in [0.1, 0.15) is 12.4 Å². The molecule has 1 rings (SSSR count). The number of nitrogens with one attached hydrogen (secondary N) is 1. The summed E-state index contributed by atoms with van der Waals surface area (Å²) < 4.78 is 5.58. The molecule has 0 fully saturated rings. The Hall–Kier alpha value is -1.51. The van der Waals surface area contributed by atoms with Crippen LogP contribution in [0.15, 0.2) is 18.2 Å². The Morgan fingerprint density at radius 2 is 1.82 bits per heavy atom. The van der Waals surface area contributed by atoms with Crippen molar-refractivity contribution >= 4 is 5.91 Å². The molecule has 0 saturated heterocycles. The second kappa shape index (κ2) is 6.28. The minimum Gasteiger partial charge on any atom is -0.492 e. The fourth-order valence-electron chi connectivity index (χ4n) is 1.56. The molecule has 1 aromatic rings. The van der Waals surface area contributed by atoms with E-state index < -0.39 is 0 Å². The van der Waals surface area contributed by atoms with Crippen molar-refractivity contribution in [2.75, 3.05) is 13.2 Å². The average Bonchev–Trinajstić information content (AvgIpc) is 2.22. The summed E-state index contributed by atoms with van der Waals surface area (Å²) >= 11 is 0. The minimum atomic E-state index is 0.0243. The normalized spacial score (nSPS) is 10.4. The first-order valence-corrected chi connectivity index (χ1v) is 5.98. The van der Waals surface area contributed by atoms with E-state index in [1.165, 1.54) is 11.1 Å². The molecule has 0 saturated carbocycles. The molecule has 0 atom stereocenters. The number of carbonyl (C=O) groups is 1. The van der Waals surface area contributed by atoms with Crippen LogP contribution in [0, 0.1) is 19.8 Å². The Bertz CT molecular complexity index is 366. The molecule has 0 aliphatic rings. The van der Waals surface area contributed by atoms with Crippen LogP contribution in [0.1, 0.15) is 25.0 Å². The molecular weight excluding hydrogens is 214 g/mol. The number of ether oxygens (including phenoxy) is 1. The Kier molecular flexibility index (Phi) is 5.01. The first-order valence-electron chi connectivity index (χ1n) is 5.98. The number of carbonyl (C=O) groups excluding carboxylic acids is 1. The first kappa shape index (κ1) is 13.6. The van der Waals surface area contributed by atoms with Crippen LogP contribution in [-0.4, -0.2) is 19.1 Å². The smallest absolute Gasteiger partial charge is 0.222 e. The number of hydrogen-bond donors (Lipinski definition) is 1. The van der Waals surface area contributed by atoms with Crippen LogP contribution >= 0.6 is 0 Å². The minimum absolute atomic E-state index is 0.0243. The van der Waals surface area contributed by atoms with Crippen LogP contribution in [0.4, 0.5) is 0 Å². The Morgan fingerprint density at radius 1 is 1.24 bits per heavy atom. The number of benzene rings is 1. The molecule has 0 aromatic heterocycles. The van der Waals surface area contributed by atoms with Crippen LogP contribution in [-0.2, 0) is 4.79 Å². The summed E-state index contributed by atoms with van der Waals surface area (Å²) in [5.74, 6) is 0.950. The zero-order valence-electron chi connectivity index (χ0n) is 11.0. The molecule has 0 bridgehead atoms. The SMILES string of the molecule is Cc1cc(C)cc(OCCNC(=O)C(C)C)c1. The number of amides is 1. The summed E-state index contributed by atoms with van der Waals surface area (Å²) in [5, 5.41) is 2.82. The van der Waals surface area contributed by atoms with Gasteiger partial charge in [-0.2, -0.15) is 0 Å². The van der Waals surface area contributed by atoms with E-state index in [0.29, 0.717) is 13.2 Å². The van der Waals surface area contributed by atoms with Gasteiger partial charge < -0.3 is 10.1 Å². The van der Waals surface area contributed by atoms with Crippen molar-refractivity contribution in [2.24, 2.45) is 5.92 Å². The van der Waals surface area contributed by atoms with E-state index in [2.05, 4.69) is 11.4 Å². The molecule has 0 spiro atoms. The van der Waals surface area contributed by atoms with Crippen molar-refractivity contribution in [1.82, 2.24) is 5.32 Å². The fourth-order valence-corrected chi connectivity index (χ4v) is 1.56. The van der Waals surface area contributed by atoms with Gasteiger partial charge in [-0.25, -0.2) is 0 Å². The topological polar surface area (TPSA) is 38.3 Å². The largest absolute Gasteiger partial charge is 0.492 e. The maximum Gasteiger partial charge on any atom is 0.222 e. The summed E-state index contributed by atoms with van der Waals surface area (Å²) in [5.41, 5.74) is 2.37. The predicted molar refractivity (Wildman–Crippen MR) is 69.3 cm³/mol. The molecule has 3 heteroatoms. The summed E-state index contributed by atoms with van der Waals surface area (Å²) in [6.45, 7) is 8.88. The monoisotopic (exact) mass is 235 g/mol. The third-order valence-corrected chi connectivity index (χ3v) is 2.39. The average molecular weight is 235 g/mol. The van der Waals surface area contributed by atoms with Gasteiger partial charge >= 0.3 is 0 Å². The van der Waals surface area contributed by atoms with Gasteiger partial charge in [0.25, 0.3) is 0 Å². The van der Waals surface area contributed by atoms with Gasteiger partial charge in [0.2, 0.25) is 5.91 Å². The van der Waals surface area contributed by atoms with Gasteiger partial charge in [0, 0.05) is 5.92 Å². The van der Waals surface area contributed by atoms with Crippen molar-refractivity contribution in [3.05, 3.63) is 29.3 Å². The summed E-state index contributed by atoms with van der Waals surface area (Å²) in [6.07, 6.45) is 0. The highest BCUT2D eigenvalue weighted by atomic mass is 16.5. The molecule has 94 valence electrons. The van der Waals surface area contributed by atoms with Gasteiger partial charge in [-0.1, -0.05) is 19.9 Å². The van der Waals surface area contributed by atoms with E-state index in [4.69, 9.17) is 4.74 Å². The van der Waals surface area contributed by atoms with E-state index in [1.807, 2.05) is 39.8 Å². The van der Waals surface area contributed by atoms with E-state index >= 15 is 0 Å². The standard InChI is InChI=1S/C14H21NO2/c1-10(2)14(16)15-5-6-17-13-8-11(3)7-12(4)9-13/h7-10H,5-6H2,1-4H3,(H,15,16). The maximum atomic E-state index is 11.3. The van der Waals surface area contributed by atoms with Crippen LogP contribution in [0.5, 0.6) is 5.75 Å². The molecule has 17 heavy (non-hydrogen) atoms. The molecule has 0 radical (unpaired) electrons. The summed E-state index contributed by atoms with van der Waals surface area (Å²) in [4.78, 5) is 11.3. The third kappa shape index (κ3) is 4.89. The van der Waals surface area contributed by atoms with Gasteiger partial charge in [0.15, 0.2) is 0 Å². The highest BCUT2D eigenvalue weighted by molar-refractivity contribution is 5.77. The lowest BCUT2D eigenvalue weighted by atomic mass is 10.1. The van der Waals surface area contributed by atoms with E-state index in [0.717, 1.165) is 5.75 Å². The van der Waals surface area contributed by atoms with Crippen molar-refractivity contribution in [3.63, 3.8) is 0 Å². The molecule has 1 N–H and O–H groups in total. The Morgan fingerprint density at radius 3 is 2.35 bits per heavy atom. The van der Waals surface area contributed by atoms with Gasteiger partial charge in [-0.3, -0.25) is 4.79 Å². The van der Waals surface area contributed by atoms with Crippen molar-refractivity contribution in [3.8, 4) is 5.75 Å². The highest BCUT2D eigenvalue weighted by Gasteiger charge is 2.05. The quantitative estimate of drug-likeness (QED) is 0.796. The Labute approximate surface area is 103 Å². The number of rotatable bonds is 5. The molecule has 0 unspecified atom stereocenters. The Balaban J connectivity index is 2.33. The lowest BCUT2D eigenvalue weighted by Crippen LogP contribution is -2.31. The van der Waals surface area contributed by atoms with Crippen molar-refractivity contribution in [2.45, 2.75) is 27.7 Å². The van der Waals surface area contributed by atoms with E-state index in [1.54, 1.807) is 0 Å². The molecular formula is C14H21NO2. The van der Waals surface area contributed by atoms with Crippen LogP contribution < -0.4 is 10.1 Å². The first-order chi connectivity index (χ1) is 7.99. The molecule has 1 amide bonds. The van der Waals surface area contributed by atoms with E-state index in [9.17, 15) is 4.79 Å². The zero-order valence-corrected chi connectivity index (χ0v) is 11.0. The molecule has 0 aliphatic heterocycles. The van der Waals surface area contributed by atoms with Crippen molar-refractivity contribution in [1.29, 1.82) is 0 Å². The van der Waals surface area contributed by atoms with Crippen LogP contribution in [0.2, 0.25) is 0 Å². The summed E-state index contributed by atoms with van der Waals surface area (Å²) in [6, 6.07) is 6.10. The van der Waals surface area contributed by atoms with Crippen molar-refractivity contribution < 1.29 is 9.53 Å². The third-order valence-electron chi connectivity index (χ3n) is 2.39. The molecule has 0 heterocycles. The predicted octanol–water partition coefficient (Wildman–Crippen LogP) is 2.45. The number of aryl methyl sites for hydroxylation is 2. The lowest BCUT2D eigenvalue weighted by molar-refractivity contribution is -0.124. The number of hydrogen-bond acceptors (Lipinski definition) is 2. The lowest BCUT2D eigenvalue weighted by Gasteiger charge is -2.10. The maximum absolute atomic E-state index is 11.3. The second-order valence-corrected chi connectivity index (χ2v) is 4.62. The highest BCUT2D eigenvalue weighted by Crippen LogP contribution is 2.15. The zero-order chi connectivity index (χ0) is 12.8. The van der Waals surface area contributed by atoms with Crippen LogP contribution in [0.3, 0.4) is 0 Å². The molecule has 0 aliphatic carbocycles. The molecule has 1 aromatic carbocycles. The van der Waals surface area contributed by atoms with Crippen LogP contribution in [0.25, 0.3) is 0 Å². The van der Waals surface area contributed by atoms with Gasteiger partial charge in [-0.05, 0) is 37.1 Å².